The van der Waals surface area contributed by atoms with Gasteiger partial charge in [0.1, 0.15) is 6.79 Å². The lowest BCUT2D eigenvalue weighted by atomic mass is 10.2. The molecule has 0 radical (unpaired) electrons. The van der Waals surface area contributed by atoms with E-state index in [9.17, 15) is 0 Å². The molecule has 76 valence electrons. The van der Waals surface area contributed by atoms with Crippen LogP contribution in [0.4, 0.5) is 0 Å². The zero-order chi connectivity index (χ0) is 9.52. The highest BCUT2D eigenvalue weighted by Gasteiger charge is 2.13. The van der Waals surface area contributed by atoms with E-state index in [1.54, 1.807) is 0 Å². The zero-order valence-electron chi connectivity index (χ0n) is 8.25. The smallest absolute Gasteiger partial charge is 0.160 e. The average molecular weight is 186 g/mol. The second-order valence-corrected chi connectivity index (χ2v) is 3.39. The van der Waals surface area contributed by atoms with Gasteiger partial charge in [-0.3, -0.25) is 0 Å². The fraction of sp³-hybridized carbons (Fsp3) is 0.800. The first-order chi connectivity index (χ1) is 6.29. The topological polar surface area (TPSA) is 27.7 Å². The van der Waals surface area contributed by atoms with Crippen molar-refractivity contribution < 1.29 is 14.2 Å². The second kappa shape index (κ2) is 6.13. The van der Waals surface area contributed by atoms with E-state index >= 15 is 0 Å². The Morgan fingerprint density at radius 3 is 3.00 bits per heavy atom. The molecule has 0 amide bonds. The molecule has 0 aliphatic carbocycles. The summed E-state index contributed by atoms with van der Waals surface area (Å²) in [7, 11) is 0. The van der Waals surface area contributed by atoms with Crippen LogP contribution in [0.1, 0.15) is 26.2 Å². The molecule has 1 saturated heterocycles. The summed E-state index contributed by atoms with van der Waals surface area (Å²) in [6, 6.07) is 0. The van der Waals surface area contributed by atoms with E-state index in [0.29, 0.717) is 13.4 Å². The molecule has 0 saturated carbocycles. The summed E-state index contributed by atoms with van der Waals surface area (Å²) in [5, 5.41) is 0. The summed E-state index contributed by atoms with van der Waals surface area (Å²) in [6.07, 6.45) is 3.26. The van der Waals surface area contributed by atoms with E-state index in [2.05, 4.69) is 6.58 Å². The minimum atomic E-state index is -0.0566. The average Bonchev–Trinajstić information content (AvgIpc) is 2.14. The molecule has 1 heterocycles. The molecule has 1 fully saturated rings. The van der Waals surface area contributed by atoms with Crippen LogP contribution in [0.25, 0.3) is 0 Å². The van der Waals surface area contributed by atoms with Crippen LogP contribution < -0.4 is 0 Å². The van der Waals surface area contributed by atoms with Crippen LogP contribution in [0, 0.1) is 0 Å². The third-order valence-electron chi connectivity index (χ3n) is 1.82. The van der Waals surface area contributed by atoms with E-state index in [0.717, 1.165) is 25.0 Å². The maximum atomic E-state index is 5.36. The predicted molar refractivity (Wildman–Crippen MR) is 50.3 cm³/mol. The van der Waals surface area contributed by atoms with Gasteiger partial charge in [0.05, 0.1) is 6.61 Å². The molecule has 0 spiro atoms. The van der Waals surface area contributed by atoms with Crippen LogP contribution in [0.5, 0.6) is 0 Å². The molecule has 0 aromatic heterocycles. The zero-order valence-corrected chi connectivity index (χ0v) is 8.25. The van der Waals surface area contributed by atoms with Crippen LogP contribution in [0.3, 0.4) is 0 Å². The van der Waals surface area contributed by atoms with Crippen molar-refractivity contribution in [2.45, 2.75) is 32.5 Å². The van der Waals surface area contributed by atoms with Crippen molar-refractivity contribution in [2.75, 3.05) is 20.0 Å². The number of rotatable bonds is 5. The first kappa shape index (κ1) is 10.7. The summed E-state index contributed by atoms with van der Waals surface area (Å²) in [5.41, 5.74) is 1.01. The Balaban J connectivity index is 1.95. The molecule has 1 aliphatic rings. The molecule has 0 aromatic rings. The van der Waals surface area contributed by atoms with Gasteiger partial charge in [-0.2, -0.15) is 0 Å². The van der Waals surface area contributed by atoms with Crippen molar-refractivity contribution >= 4 is 0 Å². The molecule has 1 unspecified atom stereocenters. The maximum absolute atomic E-state index is 5.36. The van der Waals surface area contributed by atoms with Crippen molar-refractivity contribution in [3.05, 3.63) is 12.2 Å². The van der Waals surface area contributed by atoms with Crippen LogP contribution in [0.15, 0.2) is 12.2 Å². The van der Waals surface area contributed by atoms with Gasteiger partial charge >= 0.3 is 0 Å². The van der Waals surface area contributed by atoms with E-state index in [-0.39, 0.29) is 6.29 Å². The molecule has 3 heteroatoms. The lowest BCUT2D eigenvalue weighted by Crippen LogP contribution is -2.23. The summed E-state index contributed by atoms with van der Waals surface area (Å²) < 4.78 is 15.9. The van der Waals surface area contributed by atoms with Gasteiger partial charge in [0.25, 0.3) is 0 Å². The van der Waals surface area contributed by atoms with E-state index in [1.165, 1.54) is 6.42 Å². The van der Waals surface area contributed by atoms with Gasteiger partial charge in [0.2, 0.25) is 0 Å². The highest BCUT2D eigenvalue weighted by atomic mass is 16.7. The number of ether oxygens (including phenoxy) is 3. The van der Waals surface area contributed by atoms with Crippen molar-refractivity contribution in [2.24, 2.45) is 0 Å². The molecule has 1 atom stereocenters. The number of hydrogen-bond donors (Lipinski definition) is 0. The summed E-state index contributed by atoms with van der Waals surface area (Å²) >= 11 is 0. The van der Waals surface area contributed by atoms with Crippen molar-refractivity contribution in [1.29, 1.82) is 0 Å². The summed E-state index contributed by atoms with van der Waals surface area (Å²) in [6.45, 7) is 7.33. The normalized spacial score (nSPS) is 23.0. The van der Waals surface area contributed by atoms with Gasteiger partial charge in [-0.25, -0.2) is 0 Å². The van der Waals surface area contributed by atoms with E-state index in [1.807, 2.05) is 6.92 Å². The van der Waals surface area contributed by atoms with Crippen LogP contribution in [-0.4, -0.2) is 26.3 Å². The van der Waals surface area contributed by atoms with Crippen LogP contribution >= 0.6 is 0 Å². The Kier molecular flexibility index (Phi) is 5.05. The first-order valence-electron chi connectivity index (χ1n) is 4.74. The van der Waals surface area contributed by atoms with Gasteiger partial charge in [0, 0.05) is 6.61 Å². The summed E-state index contributed by atoms with van der Waals surface area (Å²) in [4.78, 5) is 0. The van der Waals surface area contributed by atoms with Gasteiger partial charge < -0.3 is 14.2 Å². The second-order valence-electron chi connectivity index (χ2n) is 3.39. The molecular formula is C10H18O3. The predicted octanol–water partition coefficient (Wildman–Crippen LogP) is 2.08. The van der Waals surface area contributed by atoms with Gasteiger partial charge in [-0.05, 0) is 26.2 Å². The van der Waals surface area contributed by atoms with Gasteiger partial charge in [-0.1, -0.05) is 12.2 Å². The van der Waals surface area contributed by atoms with E-state index < -0.39 is 0 Å². The standard InChI is InChI=1S/C10H18O3/c1-9(2)7-11-8-13-10-5-3-4-6-12-10/h10H,1,3-8H2,2H3. The Hall–Kier alpha value is -0.380. The summed E-state index contributed by atoms with van der Waals surface area (Å²) in [5.74, 6) is 0. The minimum absolute atomic E-state index is 0.0566. The third-order valence-corrected chi connectivity index (χ3v) is 1.82. The molecule has 13 heavy (non-hydrogen) atoms. The fourth-order valence-electron chi connectivity index (χ4n) is 1.18. The van der Waals surface area contributed by atoms with Crippen LogP contribution in [-0.2, 0) is 14.2 Å². The molecule has 3 nitrogen and oxygen atoms in total. The molecular weight excluding hydrogens is 168 g/mol. The lowest BCUT2D eigenvalue weighted by molar-refractivity contribution is -0.206. The monoisotopic (exact) mass is 186 g/mol. The third kappa shape index (κ3) is 5.03. The first-order valence-corrected chi connectivity index (χ1v) is 4.74. The van der Waals surface area contributed by atoms with Gasteiger partial charge in [0.15, 0.2) is 6.29 Å². The SMILES string of the molecule is C=C(C)COCOC1CCCCO1. The Bertz CT molecular complexity index is 150. The molecule has 0 bridgehead atoms. The fourth-order valence-corrected chi connectivity index (χ4v) is 1.18. The quantitative estimate of drug-likeness (QED) is 0.374. The Morgan fingerprint density at radius 1 is 1.54 bits per heavy atom. The lowest BCUT2D eigenvalue weighted by Gasteiger charge is -2.22. The Morgan fingerprint density at radius 2 is 2.38 bits per heavy atom. The molecule has 0 aromatic carbocycles. The molecule has 1 rings (SSSR count). The maximum Gasteiger partial charge on any atom is 0.160 e. The van der Waals surface area contributed by atoms with Crippen LogP contribution in [0.2, 0.25) is 0 Å². The highest BCUT2D eigenvalue weighted by Crippen LogP contribution is 2.13. The van der Waals surface area contributed by atoms with Crippen molar-refractivity contribution in [3.8, 4) is 0 Å². The Labute approximate surface area is 79.7 Å². The van der Waals surface area contributed by atoms with E-state index in [4.69, 9.17) is 14.2 Å². The van der Waals surface area contributed by atoms with Crippen molar-refractivity contribution in [3.63, 3.8) is 0 Å². The van der Waals surface area contributed by atoms with Gasteiger partial charge in [-0.15, -0.1) is 0 Å². The van der Waals surface area contributed by atoms with Crippen molar-refractivity contribution in [1.82, 2.24) is 0 Å². The molecule has 1 aliphatic heterocycles. The minimum Gasteiger partial charge on any atom is -0.353 e. The molecule has 0 N–H and O–H groups in total. The number of hydrogen-bond acceptors (Lipinski definition) is 3. The largest absolute Gasteiger partial charge is 0.353 e. The highest BCUT2D eigenvalue weighted by molar-refractivity contribution is 4.86.